The van der Waals surface area contributed by atoms with Gasteiger partial charge in [-0.1, -0.05) is 11.6 Å². The number of halogens is 3. The largest absolute Gasteiger partial charge is 0.437 e. The van der Waals surface area contributed by atoms with Crippen LogP contribution >= 0.6 is 11.6 Å². The van der Waals surface area contributed by atoms with Gasteiger partial charge in [0.15, 0.2) is 11.4 Å². The number of benzene rings is 2. The summed E-state index contributed by atoms with van der Waals surface area (Å²) in [6.07, 6.45) is 1.52. The molecule has 0 fully saturated rings. The van der Waals surface area contributed by atoms with Crippen LogP contribution in [0.4, 0.5) is 8.78 Å². The Kier molecular flexibility index (Phi) is 6.16. The van der Waals surface area contributed by atoms with E-state index in [1.807, 2.05) is 13.8 Å². The van der Waals surface area contributed by atoms with Crippen molar-refractivity contribution < 1.29 is 23.4 Å². The second kappa shape index (κ2) is 8.79. The van der Waals surface area contributed by atoms with Crippen LogP contribution in [0.2, 0.25) is 5.02 Å². The van der Waals surface area contributed by atoms with E-state index in [2.05, 4.69) is 4.98 Å². The first kappa shape index (κ1) is 23.8. The van der Waals surface area contributed by atoms with E-state index in [0.717, 1.165) is 17.2 Å². The first-order valence-electron chi connectivity index (χ1n) is 10.3. The van der Waals surface area contributed by atoms with Crippen molar-refractivity contribution in [3.63, 3.8) is 0 Å². The second-order valence-corrected chi connectivity index (χ2v) is 8.70. The summed E-state index contributed by atoms with van der Waals surface area (Å²) in [5.74, 6) is -2.02. The summed E-state index contributed by atoms with van der Waals surface area (Å²) in [4.78, 5) is 17.1. The van der Waals surface area contributed by atoms with E-state index in [-0.39, 0.29) is 28.5 Å². The number of rotatable bonds is 5. The zero-order valence-electron chi connectivity index (χ0n) is 18.6. The molecule has 0 aliphatic carbocycles. The average molecular weight is 487 g/mol. The smallest absolute Gasteiger partial charge is 0.255 e. The minimum absolute atomic E-state index is 0.0871. The molecule has 0 radical (unpaired) electrons. The molecule has 9 heteroatoms. The van der Waals surface area contributed by atoms with Crippen molar-refractivity contribution in [3.8, 4) is 28.3 Å². The molecule has 2 aromatic heterocycles. The molecule has 0 aliphatic heterocycles. The van der Waals surface area contributed by atoms with Crippen LogP contribution < -0.4 is 5.56 Å². The summed E-state index contributed by atoms with van der Waals surface area (Å²) in [5.41, 5.74) is 0.343. The van der Waals surface area contributed by atoms with Gasteiger partial charge in [-0.05, 0) is 62.2 Å². The summed E-state index contributed by atoms with van der Waals surface area (Å²) >= 11 is 6.13. The first-order chi connectivity index (χ1) is 16.0. The molecule has 1 atom stereocenters. The second-order valence-electron chi connectivity index (χ2n) is 8.27. The van der Waals surface area contributed by atoms with Crippen LogP contribution in [-0.4, -0.2) is 26.4 Å². The first-order valence-corrected chi connectivity index (χ1v) is 10.7. The number of aromatic nitrogens is 2. The van der Waals surface area contributed by atoms with Crippen molar-refractivity contribution >= 4 is 11.6 Å². The third-order valence-corrected chi connectivity index (χ3v) is 5.67. The number of aryl methyl sites for hydroxylation is 2. The van der Waals surface area contributed by atoms with E-state index in [0.29, 0.717) is 22.3 Å². The third-order valence-electron chi connectivity index (χ3n) is 5.45. The van der Waals surface area contributed by atoms with E-state index < -0.39 is 23.8 Å². The predicted octanol–water partition coefficient (Wildman–Crippen LogP) is 4.91. The highest BCUT2D eigenvalue weighted by molar-refractivity contribution is 6.30. The molecule has 0 spiro atoms. The Morgan fingerprint density at radius 1 is 1.12 bits per heavy atom. The van der Waals surface area contributed by atoms with Crippen LogP contribution in [0.5, 0.6) is 0 Å². The summed E-state index contributed by atoms with van der Waals surface area (Å²) in [5, 5.41) is 20.6. The van der Waals surface area contributed by atoms with Gasteiger partial charge in [0, 0.05) is 28.9 Å². The van der Waals surface area contributed by atoms with Crippen LogP contribution in [0, 0.1) is 25.5 Å². The van der Waals surface area contributed by atoms with E-state index >= 15 is 0 Å². The van der Waals surface area contributed by atoms with Crippen LogP contribution in [0.3, 0.4) is 0 Å². The van der Waals surface area contributed by atoms with Crippen molar-refractivity contribution in [2.45, 2.75) is 26.4 Å². The number of hydrogen-bond donors (Lipinski definition) is 2. The number of aliphatic hydroxyl groups is 2. The maximum Gasteiger partial charge on any atom is 0.255 e. The van der Waals surface area contributed by atoms with Gasteiger partial charge in [0.25, 0.3) is 5.56 Å². The van der Waals surface area contributed by atoms with E-state index in [1.165, 1.54) is 35.9 Å². The fraction of sp³-hybridized carbons (Fsp3) is 0.200. The zero-order chi connectivity index (χ0) is 24.8. The molecule has 2 heterocycles. The van der Waals surface area contributed by atoms with Crippen molar-refractivity contribution in [2.24, 2.45) is 0 Å². The van der Waals surface area contributed by atoms with Crippen LogP contribution in [-0.2, 0) is 5.60 Å². The monoisotopic (exact) mass is 486 g/mol. The molecule has 2 N–H and O–H groups in total. The molecule has 4 aromatic rings. The standard InChI is InChI=1S/C25H21ClF2N2O4/c1-13-8-16(26)9-14(2)22(13)30-11-15(4-7-20(30)32)21-23(18-6-5-17(27)10-19(18)28)34-24(29-21)25(3,33)12-31/h4-11,31,33H,12H2,1-3H3/t25-/m0/s1. The Labute approximate surface area is 198 Å². The van der Waals surface area contributed by atoms with Gasteiger partial charge in [0.2, 0.25) is 5.89 Å². The molecule has 0 aliphatic rings. The molecule has 0 saturated heterocycles. The van der Waals surface area contributed by atoms with Crippen LogP contribution in [0.1, 0.15) is 23.9 Å². The Bertz CT molecular complexity index is 1440. The Morgan fingerprint density at radius 3 is 2.41 bits per heavy atom. The van der Waals surface area contributed by atoms with Gasteiger partial charge < -0.3 is 14.6 Å². The summed E-state index contributed by atoms with van der Waals surface area (Å²) in [7, 11) is 0. The Balaban J connectivity index is 1.98. The summed E-state index contributed by atoms with van der Waals surface area (Å²) in [6, 6.07) is 9.23. The lowest BCUT2D eigenvalue weighted by atomic mass is 10.1. The fourth-order valence-electron chi connectivity index (χ4n) is 3.75. The molecule has 34 heavy (non-hydrogen) atoms. The topological polar surface area (TPSA) is 88.5 Å². The minimum Gasteiger partial charge on any atom is -0.437 e. The van der Waals surface area contributed by atoms with Gasteiger partial charge in [0.05, 0.1) is 17.9 Å². The van der Waals surface area contributed by atoms with E-state index in [1.54, 1.807) is 12.1 Å². The molecule has 0 bridgehead atoms. The minimum atomic E-state index is -1.86. The highest BCUT2D eigenvalue weighted by Crippen LogP contribution is 2.37. The molecule has 0 saturated carbocycles. The van der Waals surface area contributed by atoms with Crippen molar-refractivity contribution in [1.82, 2.24) is 9.55 Å². The van der Waals surface area contributed by atoms with E-state index in [9.17, 15) is 23.8 Å². The van der Waals surface area contributed by atoms with Crippen LogP contribution in [0.15, 0.2) is 57.9 Å². The maximum atomic E-state index is 14.7. The number of aliphatic hydroxyl groups excluding tert-OH is 1. The quantitative estimate of drug-likeness (QED) is 0.418. The Morgan fingerprint density at radius 2 is 1.79 bits per heavy atom. The SMILES string of the molecule is Cc1cc(Cl)cc(C)c1-n1cc(-c2nc([C@@](C)(O)CO)oc2-c2ccc(F)cc2F)ccc1=O. The summed E-state index contributed by atoms with van der Waals surface area (Å²) < 4.78 is 35.3. The zero-order valence-corrected chi connectivity index (χ0v) is 19.3. The van der Waals surface area contributed by atoms with Crippen molar-refractivity contribution in [3.05, 3.63) is 92.7 Å². The third kappa shape index (κ3) is 4.27. The van der Waals surface area contributed by atoms with Crippen LogP contribution in [0.25, 0.3) is 28.3 Å². The van der Waals surface area contributed by atoms with Crippen molar-refractivity contribution in [2.75, 3.05) is 6.61 Å². The van der Waals surface area contributed by atoms with E-state index in [4.69, 9.17) is 16.0 Å². The lowest BCUT2D eigenvalue weighted by Gasteiger charge is -2.15. The average Bonchev–Trinajstić information content (AvgIpc) is 3.20. The molecule has 0 amide bonds. The molecular weight excluding hydrogens is 466 g/mol. The molecule has 4 rings (SSSR count). The normalized spacial score (nSPS) is 13.2. The highest BCUT2D eigenvalue weighted by atomic mass is 35.5. The Hall–Kier alpha value is -3.33. The number of oxazole rings is 1. The van der Waals surface area contributed by atoms with Gasteiger partial charge in [-0.15, -0.1) is 0 Å². The fourth-order valence-corrected chi connectivity index (χ4v) is 4.08. The van der Waals surface area contributed by atoms with Gasteiger partial charge in [-0.2, -0.15) is 0 Å². The van der Waals surface area contributed by atoms with Gasteiger partial charge >= 0.3 is 0 Å². The number of pyridine rings is 1. The highest BCUT2D eigenvalue weighted by Gasteiger charge is 2.32. The van der Waals surface area contributed by atoms with Gasteiger partial charge in [-0.25, -0.2) is 13.8 Å². The molecule has 0 unspecified atom stereocenters. The molecular formula is C25H21ClF2N2O4. The maximum absolute atomic E-state index is 14.7. The molecule has 6 nitrogen and oxygen atoms in total. The lowest BCUT2D eigenvalue weighted by molar-refractivity contribution is -0.0234. The number of hydrogen-bond acceptors (Lipinski definition) is 5. The number of nitrogens with zero attached hydrogens (tertiary/aromatic N) is 2. The molecule has 2 aromatic carbocycles. The van der Waals surface area contributed by atoms with Gasteiger partial charge in [-0.3, -0.25) is 9.36 Å². The predicted molar refractivity (Wildman–Crippen MR) is 124 cm³/mol. The lowest BCUT2D eigenvalue weighted by Crippen LogP contribution is -2.26. The summed E-state index contributed by atoms with van der Waals surface area (Å²) in [6.45, 7) is 4.22. The van der Waals surface area contributed by atoms with Crippen molar-refractivity contribution in [1.29, 1.82) is 0 Å². The molecule has 176 valence electrons. The van der Waals surface area contributed by atoms with Gasteiger partial charge in [0.1, 0.15) is 17.3 Å².